The molecule has 3 nitrogen and oxygen atoms in total. The SMILES string of the molecule is CCC1OCCC1C(=O)c1cncc(F)c1. The van der Waals surface area contributed by atoms with Crippen LogP contribution in [-0.2, 0) is 4.74 Å². The van der Waals surface area contributed by atoms with Crippen LogP contribution >= 0.6 is 0 Å². The van der Waals surface area contributed by atoms with Gasteiger partial charge in [-0.15, -0.1) is 0 Å². The highest BCUT2D eigenvalue weighted by molar-refractivity contribution is 5.98. The molecule has 0 bridgehead atoms. The molecule has 0 saturated carbocycles. The second kappa shape index (κ2) is 4.70. The molecule has 86 valence electrons. The van der Waals surface area contributed by atoms with Crippen LogP contribution in [0, 0.1) is 11.7 Å². The topological polar surface area (TPSA) is 39.2 Å². The van der Waals surface area contributed by atoms with Gasteiger partial charge < -0.3 is 4.74 Å². The zero-order valence-corrected chi connectivity index (χ0v) is 9.15. The number of aromatic nitrogens is 1. The highest BCUT2D eigenvalue weighted by Gasteiger charge is 2.33. The van der Waals surface area contributed by atoms with Gasteiger partial charge in [0.15, 0.2) is 5.78 Å². The Kier molecular flexibility index (Phi) is 3.29. The Hall–Kier alpha value is -1.29. The smallest absolute Gasteiger partial charge is 0.170 e. The van der Waals surface area contributed by atoms with Gasteiger partial charge in [-0.25, -0.2) is 4.39 Å². The van der Waals surface area contributed by atoms with Crippen LogP contribution in [0.5, 0.6) is 0 Å². The van der Waals surface area contributed by atoms with Crippen LogP contribution in [0.25, 0.3) is 0 Å². The molecule has 1 aromatic heterocycles. The van der Waals surface area contributed by atoms with E-state index in [0.29, 0.717) is 18.6 Å². The van der Waals surface area contributed by atoms with E-state index in [4.69, 9.17) is 4.74 Å². The third-order valence-electron chi connectivity index (χ3n) is 2.94. The van der Waals surface area contributed by atoms with Crippen LogP contribution in [-0.4, -0.2) is 23.5 Å². The second-order valence-electron chi connectivity index (χ2n) is 3.97. The molecule has 0 aliphatic carbocycles. The molecule has 0 radical (unpaired) electrons. The number of nitrogens with zero attached hydrogens (tertiary/aromatic N) is 1. The molecule has 4 heteroatoms. The van der Waals surface area contributed by atoms with Gasteiger partial charge in [-0.2, -0.15) is 0 Å². The van der Waals surface area contributed by atoms with Gasteiger partial charge in [0.05, 0.1) is 18.2 Å². The van der Waals surface area contributed by atoms with Crippen molar-refractivity contribution in [3.63, 3.8) is 0 Å². The van der Waals surface area contributed by atoms with Gasteiger partial charge in [0, 0.05) is 18.4 Å². The summed E-state index contributed by atoms with van der Waals surface area (Å²) in [5, 5.41) is 0. The van der Waals surface area contributed by atoms with Gasteiger partial charge in [-0.3, -0.25) is 9.78 Å². The molecule has 1 saturated heterocycles. The van der Waals surface area contributed by atoms with Gasteiger partial charge in [-0.05, 0) is 18.9 Å². The van der Waals surface area contributed by atoms with Gasteiger partial charge in [0.1, 0.15) is 5.82 Å². The molecular formula is C12H14FNO2. The van der Waals surface area contributed by atoms with Crippen molar-refractivity contribution in [3.8, 4) is 0 Å². The molecule has 1 aromatic rings. The lowest BCUT2D eigenvalue weighted by Gasteiger charge is -2.15. The standard InChI is InChI=1S/C12H14FNO2/c1-2-11-10(3-4-16-11)12(15)8-5-9(13)7-14-6-8/h5-7,10-11H,2-4H2,1H3. The van der Waals surface area contributed by atoms with Crippen molar-refractivity contribution in [1.82, 2.24) is 4.98 Å². The number of hydrogen-bond donors (Lipinski definition) is 0. The molecule has 0 N–H and O–H groups in total. The van der Waals surface area contributed by atoms with E-state index >= 15 is 0 Å². The summed E-state index contributed by atoms with van der Waals surface area (Å²) in [6.07, 6.45) is 4.00. The molecule has 16 heavy (non-hydrogen) atoms. The average Bonchev–Trinajstić information content (AvgIpc) is 2.76. The summed E-state index contributed by atoms with van der Waals surface area (Å²) in [5.74, 6) is -0.678. The third kappa shape index (κ3) is 2.11. The normalized spacial score (nSPS) is 24.6. The number of rotatable bonds is 3. The summed E-state index contributed by atoms with van der Waals surface area (Å²) in [7, 11) is 0. The molecule has 1 aliphatic heterocycles. The summed E-state index contributed by atoms with van der Waals surface area (Å²) in [4.78, 5) is 15.8. The molecule has 0 amide bonds. The molecule has 2 heterocycles. The molecule has 1 aliphatic rings. The van der Waals surface area contributed by atoms with E-state index in [2.05, 4.69) is 4.98 Å². The average molecular weight is 223 g/mol. The van der Waals surface area contributed by atoms with E-state index in [1.54, 1.807) is 0 Å². The molecule has 1 fully saturated rings. The summed E-state index contributed by atoms with van der Waals surface area (Å²) < 4.78 is 18.4. The van der Waals surface area contributed by atoms with E-state index < -0.39 is 5.82 Å². The Labute approximate surface area is 93.6 Å². The lowest BCUT2D eigenvalue weighted by atomic mass is 9.91. The molecule has 2 unspecified atom stereocenters. The maximum absolute atomic E-state index is 12.9. The largest absolute Gasteiger partial charge is 0.377 e. The van der Waals surface area contributed by atoms with Crippen molar-refractivity contribution < 1.29 is 13.9 Å². The maximum Gasteiger partial charge on any atom is 0.170 e. The number of carbonyl (C=O) groups is 1. The number of hydrogen-bond acceptors (Lipinski definition) is 3. The minimum Gasteiger partial charge on any atom is -0.377 e. The predicted molar refractivity (Wildman–Crippen MR) is 56.7 cm³/mol. The Morgan fingerprint density at radius 3 is 3.12 bits per heavy atom. The fourth-order valence-electron chi connectivity index (χ4n) is 2.11. The van der Waals surface area contributed by atoms with Crippen LogP contribution in [0.1, 0.15) is 30.1 Å². The first-order chi connectivity index (χ1) is 7.72. The number of carbonyl (C=O) groups excluding carboxylic acids is 1. The highest BCUT2D eigenvalue weighted by atomic mass is 19.1. The van der Waals surface area contributed by atoms with Crippen molar-refractivity contribution >= 4 is 5.78 Å². The molecule has 0 spiro atoms. The highest BCUT2D eigenvalue weighted by Crippen LogP contribution is 2.26. The zero-order chi connectivity index (χ0) is 11.5. The summed E-state index contributed by atoms with van der Waals surface area (Å²) in [5.41, 5.74) is 0.342. The monoisotopic (exact) mass is 223 g/mol. The lowest BCUT2D eigenvalue weighted by molar-refractivity contribution is 0.0688. The number of pyridine rings is 1. The van der Waals surface area contributed by atoms with Gasteiger partial charge >= 0.3 is 0 Å². The second-order valence-corrected chi connectivity index (χ2v) is 3.97. The number of ketones is 1. The number of halogens is 1. The van der Waals surface area contributed by atoms with Crippen LogP contribution in [0.2, 0.25) is 0 Å². The Bertz CT molecular complexity index is 394. The van der Waals surface area contributed by atoms with E-state index in [0.717, 1.165) is 12.6 Å². The number of Topliss-reactive ketones (excluding diaryl/α,β-unsaturated/α-hetero) is 1. The van der Waals surface area contributed by atoms with E-state index in [9.17, 15) is 9.18 Å². The van der Waals surface area contributed by atoms with Gasteiger partial charge in [0.25, 0.3) is 0 Å². The van der Waals surface area contributed by atoms with Crippen molar-refractivity contribution in [3.05, 3.63) is 29.8 Å². The number of ether oxygens (including phenoxy) is 1. The van der Waals surface area contributed by atoms with Crippen LogP contribution in [0.4, 0.5) is 4.39 Å². The van der Waals surface area contributed by atoms with Gasteiger partial charge in [-0.1, -0.05) is 6.92 Å². The maximum atomic E-state index is 12.9. The van der Waals surface area contributed by atoms with Crippen LogP contribution in [0.15, 0.2) is 18.5 Å². The molecule has 2 atom stereocenters. The van der Waals surface area contributed by atoms with Crippen molar-refractivity contribution in [2.45, 2.75) is 25.9 Å². The fourth-order valence-corrected chi connectivity index (χ4v) is 2.11. The van der Waals surface area contributed by atoms with E-state index in [1.165, 1.54) is 12.3 Å². The Morgan fingerprint density at radius 1 is 1.62 bits per heavy atom. The Morgan fingerprint density at radius 2 is 2.44 bits per heavy atom. The fraction of sp³-hybridized carbons (Fsp3) is 0.500. The molecule has 0 aromatic carbocycles. The molecular weight excluding hydrogens is 209 g/mol. The van der Waals surface area contributed by atoms with Gasteiger partial charge in [0.2, 0.25) is 0 Å². The lowest BCUT2D eigenvalue weighted by Crippen LogP contribution is -2.24. The zero-order valence-electron chi connectivity index (χ0n) is 9.15. The first-order valence-corrected chi connectivity index (χ1v) is 5.48. The van der Waals surface area contributed by atoms with Crippen molar-refractivity contribution in [2.24, 2.45) is 5.92 Å². The molecule has 2 rings (SSSR count). The summed E-state index contributed by atoms with van der Waals surface area (Å²) >= 11 is 0. The van der Waals surface area contributed by atoms with Crippen LogP contribution in [0.3, 0.4) is 0 Å². The first kappa shape index (κ1) is 11.2. The summed E-state index contributed by atoms with van der Waals surface area (Å²) in [6, 6.07) is 1.24. The van der Waals surface area contributed by atoms with Crippen molar-refractivity contribution in [1.29, 1.82) is 0 Å². The minimum absolute atomic E-state index is 0.0317. The third-order valence-corrected chi connectivity index (χ3v) is 2.94. The van der Waals surface area contributed by atoms with Crippen molar-refractivity contribution in [2.75, 3.05) is 6.61 Å². The van der Waals surface area contributed by atoms with E-state index in [-0.39, 0.29) is 17.8 Å². The summed E-state index contributed by atoms with van der Waals surface area (Å²) in [6.45, 7) is 2.59. The predicted octanol–water partition coefficient (Wildman–Crippen LogP) is 2.22. The quantitative estimate of drug-likeness (QED) is 0.737. The van der Waals surface area contributed by atoms with Crippen LogP contribution < -0.4 is 0 Å². The first-order valence-electron chi connectivity index (χ1n) is 5.48. The van der Waals surface area contributed by atoms with E-state index in [1.807, 2.05) is 6.92 Å². The minimum atomic E-state index is -0.474. The Balaban J connectivity index is 2.18.